The molecule has 0 spiro atoms. The lowest BCUT2D eigenvalue weighted by atomic mass is 10.0. The summed E-state index contributed by atoms with van der Waals surface area (Å²) in [6.45, 7) is 3.71. The van der Waals surface area contributed by atoms with Crippen LogP contribution in [0.2, 0.25) is 0 Å². The zero-order chi connectivity index (χ0) is 36.3. The van der Waals surface area contributed by atoms with Gasteiger partial charge in [0.15, 0.2) is 5.78 Å². The van der Waals surface area contributed by atoms with Crippen LogP contribution < -0.4 is 5.73 Å². The van der Waals surface area contributed by atoms with Crippen molar-refractivity contribution in [3.63, 3.8) is 0 Å². The van der Waals surface area contributed by atoms with Gasteiger partial charge in [-0.25, -0.2) is 4.57 Å². The molecule has 0 aromatic carbocycles. The number of unbranched alkanes of at least 4 members (excludes halogenated alkanes) is 23. The molecule has 0 saturated carbocycles. The minimum Gasteiger partial charge on any atom is -0.463 e. The Hall–Kier alpha value is -1.09. The number of ether oxygens (including phenoxy) is 1. The Morgan fingerprint density at radius 3 is 1.51 bits per heavy atom. The van der Waals surface area contributed by atoms with Crippen molar-refractivity contribution in [3.8, 4) is 0 Å². The molecule has 0 aliphatic carbocycles. The van der Waals surface area contributed by atoms with Crippen molar-refractivity contribution in [2.24, 2.45) is 5.73 Å². The highest BCUT2D eigenvalue weighted by Gasteiger charge is 2.35. The van der Waals surface area contributed by atoms with E-state index in [1.807, 2.05) is 0 Å². The molecule has 0 aliphatic heterocycles. The fraction of sp³-hybridized carbons (Fsp3) is 0.897. The zero-order valence-electron chi connectivity index (χ0n) is 31.6. The van der Waals surface area contributed by atoms with Crippen molar-refractivity contribution in [1.82, 2.24) is 0 Å². The predicted molar refractivity (Wildman–Crippen MR) is 201 cm³/mol. The van der Waals surface area contributed by atoms with E-state index in [0.29, 0.717) is 12.8 Å². The average Bonchev–Trinajstić information content (AvgIpc) is 3.09. The van der Waals surface area contributed by atoms with Gasteiger partial charge in [-0.05, 0) is 38.5 Å². The maximum Gasteiger partial charge on any atom is 0.472 e. The van der Waals surface area contributed by atoms with Crippen LogP contribution in [0.3, 0.4) is 0 Å². The van der Waals surface area contributed by atoms with Crippen molar-refractivity contribution in [3.05, 3.63) is 12.2 Å². The second-order valence-electron chi connectivity index (χ2n) is 13.7. The van der Waals surface area contributed by atoms with Crippen LogP contribution in [0, 0.1) is 0 Å². The number of aliphatic hydroxyl groups is 1. The molecule has 0 aromatic heterocycles. The summed E-state index contributed by atoms with van der Waals surface area (Å²) in [5.74, 6) is -1.02. The average molecular weight is 718 g/mol. The molecule has 0 bridgehead atoms. The fourth-order valence-electron chi connectivity index (χ4n) is 5.81. The number of hydrogen-bond acceptors (Lipinski definition) is 8. The van der Waals surface area contributed by atoms with Gasteiger partial charge >= 0.3 is 13.8 Å². The van der Waals surface area contributed by atoms with Gasteiger partial charge in [-0.2, -0.15) is 0 Å². The summed E-state index contributed by atoms with van der Waals surface area (Å²) in [6.07, 6.45) is 32.0. The van der Waals surface area contributed by atoms with E-state index < -0.39 is 38.4 Å². The number of nitrogens with two attached hydrogens (primary N) is 1. The van der Waals surface area contributed by atoms with Gasteiger partial charge in [-0.15, -0.1) is 0 Å². The van der Waals surface area contributed by atoms with Crippen molar-refractivity contribution < 1.29 is 37.9 Å². The predicted octanol–water partition coefficient (Wildman–Crippen LogP) is 10.4. The molecule has 0 saturated heterocycles. The molecule has 9 nitrogen and oxygen atoms in total. The summed E-state index contributed by atoms with van der Waals surface area (Å²) < 4.78 is 27.5. The summed E-state index contributed by atoms with van der Waals surface area (Å²) in [4.78, 5) is 35.2. The third-order valence-electron chi connectivity index (χ3n) is 8.90. The Balaban J connectivity index is 4.30. The summed E-state index contributed by atoms with van der Waals surface area (Å²) >= 11 is 0. The van der Waals surface area contributed by atoms with Crippen molar-refractivity contribution >= 4 is 19.6 Å². The lowest BCUT2D eigenvalue weighted by Crippen LogP contribution is -2.39. The lowest BCUT2D eigenvalue weighted by Gasteiger charge is -2.24. The molecule has 0 aromatic rings. The number of rotatable bonds is 38. The van der Waals surface area contributed by atoms with Gasteiger partial charge in [0.25, 0.3) is 0 Å². The molecular formula is C39H76NO8P. The molecule has 0 radical (unpaired) electrons. The van der Waals surface area contributed by atoms with Crippen LogP contribution in [0.15, 0.2) is 12.2 Å². The molecule has 3 unspecified atom stereocenters. The van der Waals surface area contributed by atoms with E-state index >= 15 is 0 Å². The Labute approximate surface area is 300 Å². The van der Waals surface area contributed by atoms with E-state index in [-0.39, 0.29) is 26.0 Å². The second kappa shape index (κ2) is 35.3. The normalized spacial score (nSPS) is 14.2. The number of Topliss-reactive ketones (excluding diaryl/α,β-unsaturated/α-hetero) is 1. The van der Waals surface area contributed by atoms with Gasteiger partial charge in [0.2, 0.25) is 0 Å². The number of phosphoric ester groups is 1. The molecule has 0 fully saturated rings. The summed E-state index contributed by atoms with van der Waals surface area (Å²) in [7, 11) is -4.62. The number of carbonyl (C=O) groups is 2. The standard InChI is InChI=1S/C39H76NO8P/c1-3-5-7-9-11-13-15-17-18-20-21-23-25-27-29-31-36(41)39(43)37(48-49(44,45)47-34-33-40)35-46-38(42)32-30-28-26-24-22-19-16-14-12-10-8-6-4-2/h17-18,37,39,43H,3-16,19-35,40H2,1-2H3,(H,44,45)/b18-17-. The number of ketones is 1. The lowest BCUT2D eigenvalue weighted by molar-refractivity contribution is -0.152. The van der Waals surface area contributed by atoms with Crippen LogP contribution in [-0.2, 0) is 27.9 Å². The topological polar surface area (TPSA) is 145 Å². The first-order valence-electron chi connectivity index (χ1n) is 20.1. The number of carbonyl (C=O) groups excluding carboxylic acids is 2. The Morgan fingerprint density at radius 1 is 0.653 bits per heavy atom. The van der Waals surface area contributed by atoms with Crippen LogP contribution in [0.5, 0.6) is 0 Å². The molecule has 49 heavy (non-hydrogen) atoms. The van der Waals surface area contributed by atoms with E-state index in [4.69, 9.17) is 19.5 Å². The van der Waals surface area contributed by atoms with Crippen molar-refractivity contribution in [2.45, 2.75) is 206 Å². The number of allylic oxidation sites excluding steroid dienone is 2. The zero-order valence-corrected chi connectivity index (χ0v) is 32.5. The molecular weight excluding hydrogens is 641 g/mol. The monoisotopic (exact) mass is 718 g/mol. The van der Waals surface area contributed by atoms with Crippen molar-refractivity contribution in [2.75, 3.05) is 19.8 Å². The number of aliphatic hydroxyl groups excluding tert-OH is 1. The summed E-state index contributed by atoms with van der Waals surface area (Å²) in [5, 5.41) is 10.7. The van der Waals surface area contributed by atoms with Crippen LogP contribution in [0.25, 0.3) is 0 Å². The number of esters is 1. The largest absolute Gasteiger partial charge is 0.472 e. The molecule has 290 valence electrons. The minimum absolute atomic E-state index is 0.0103. The smallest absolute Gasteiger partial charge is 0.463 e. The first-order chi connectivity index (χ1) is 23.8. The SMILES string of the molecule is CCCCCCCC/C=C\CCCCCCCC(=O)C(O)C(COC(=O)CCCCCCCCCCCCCCC)OP(=O)(O)OCCN. The van der Waals surface area contributed by atoms with E-state index in [1.54, 1.807) is 0 Å². The highest BCUT2D eigenvalue weighted by Crippen LogP contribution is 2.45. The Morgan fingerprint density at radius 2 is 1.06 bits per heavy atom. The summed E-state index contributed by atoms with van der Waals surface area (Å²) in [5.41, 5.74) is 5.35. The third kappa shape index (κ3) is 32.6. The van der Waals surface area contributed by atoms with Gasteiger partial charge in [0, 0.05) is 19.4 Å². The van der Waals surface area contributed by atoms with Crippen LogP contribution in [0.1, 0.15) is 194 Å². The maximum atomic E-state index is 12.8. The molecule has 3 atom stereocenters. The summed E-state index contributed by atoms with van der Waals surface area (Å²) in [6, 6.07) is 0. The first kappa shape index (κ1) is 47.9. The van der Waals surface area contributed by atoms with Gasteiger partial charge in [-0.3, -0.25) is 18.6 Å². The second-order valence-corrected chi connectivity index (χ2v) is 15.1. The van der Waals surface area contributed by atoms with Gasteiger partial charge < -0.3 is 20.5 Å². The highest BCUT2D eigenvalue weighted by atomic mass is 31.2. The van der Waals surface area contributed by atoms with Crippen LogP contribution >= 0.6 is 7.82 Å². The molecule has 0 aliphatic rings. The first-order valence-corrected chi connectivity index (χ1v) is 21.6. The van der Waals surface area contributed by atoms with E-state index in [1.165, 1.54) is 96.3 Å². The van der Waals surface area contributed by atoms with E-state index in [9.17, 15) is 24.2 Å². The third-order valence-corrected chi connectivity index (χ3v) is 9.95. The molecule has 0 amide bonds. The molecule has 10 heteroatoms. The number of hydrogen-bond donors (Lipinski definition) is 3. The highest BCUT2D eigenvalue weighted by molar-refractivity contribution is 7.47. The maximum absolute atomic E-state index is 12.8. The fourth-order valence-corrected chi connectivity index (χ4v) is 6.72. The molecule has 0 rings (SSSR count). The van der Waals surface area contributed by atoms with Gasteiger partial charge in [0.1, 0.15) is 18.8 Å². The van der Waals surface area contributed by atoms with E-state index in [0.717, 1.165) is 57.8 Å². The quantitative estimate of drug-likeness (QED) is 0.0246. The molecule has 4 N–H and O–H groups in total. The van der Waals surface area contributed by atoms with Gasteiger partial charge in [-0.1, -0.05) is 154 Å². The minimum atomic E-state index is -4.62. The van der Waals surface area contributed by atoms with Crippen LogP contribution in [-0.4, -0.2) is 53.7 Å². The Bertz CT molecular complexity index is 840. The van der Waals surface area contributed by atoms with Crippen LogP contribution in [0.4, 0.5) is 0 Å². The van der Waals surface area contributed by atoms with E-state index in [2.05, 4.69) is 26.0 Å². The number of phosphoric acid groups is 1. The Kier molecular flexibility index (Phi) is 34.5. The molecule has 0 heterocycles. The van der Waals surface area contributed by atoms with Gasteiger partial charge in [0.05, 0.1) is 6.61 Å². The van der Waals surface area contributed by atoms with Crippen molar-refractivity contribution in [1.29, 1.82) is 0 Å².